The summed E-state index contributed by atoms with van der Waals surface area (Å²) in [5, 5.41) is 0. The lowest BCUT2D eigenvalue weighted by molar-refractivity contribution is 0.159. The highest BCUT2D eigenvalue weighted by atomic mass is 15.1. The van der Waals surface area contributed by atoms with Crippen LogP contribution in [0, 0.1) is 11.8 Å². The van der Waals surface area contributed by atoms with Gasteiger partial charge in [-0.1, -0.05) is 26.7 Å². The predicted molar refractivity (Wildman–Crippen MR) is 85.4 cm³/mol. The standard InChI is InChI=1S/C17H36N2/c1-4-15(12-13-18)7-6-14-19(3)17-10-8-16(5-2)9-11-17/h15-17H,4-14,18H2,1-3H3. The van der Waals surface area contributed by atoms with Gasteiger partial charge in [0.25, 0.3) is 0 Å². The maximum Gasteiger partial charge on any atom is 0.00924 e. The first-order chi connectivity index (χ1) is 9.21. The van der Waals surface area contributed by atoms with E-state index in [2.05, 4.69) is 25.8 Å². The van der Waals surface area contributed by atoms with Gasteiger partial charge in [0.2, 0.25) is 0 Å². The molecule has 2 N–H and O–H groups in total. The molecule has 0 spiro atoms. The molecule has 19 heavy (non-hydrogen) atoms. The van der Waals surface area contributed by atoms with E-state index in [1.807, 2.05) is 0 Å². The van der Waals surface area contributed by atoms with Crippen LogP contribution in [0.25, 0.3) is 0 Å². The first-order valence-corrected chi connectivity index (χ1v) is 8.61. The van der Waals surface area contributed by atoms with Gasteiger partial charge in [0, 0.05) is 6.04 Å². The van der Waals surface area contributed by atoms with Crippen molar-refractivity contribution in [1.82, 2.24) is 4.90 Å². The lowest BCUT2D eigenvalue weighted by Gasteiger charge is -2.34. The zero-order valence-electron chi connectivity index (χ0n) is 13.5. The minimum atomic E-state index is 0.856. The third kappa shape index (κ3) is 6.27. The van der Waals surface area contributed by atoms with Crippen LogP contribution in [0.4, 0.5) is 0 Å². The number of rotatable bonds is 9. The van der Waals surface area contributed by atoms with Crippen LogP contribution in [-0.4, -0.2) is 31.1 Å². The van der Waals surface area contributed by atoms with E-state index < -0.39 is 0 Å². The molecule has 0 saturated heterocycles. The van der Waals surface area contributed by atoms with Gasteiger partial charge in [-0.3, -0.25) is 0 Å². The third-order valence-electron chi connectivity index (χ3n) is 5.29. The summed E-state index contributed by atoms with van der Waals surface area (Å²) in [6, 6.07) is 0.859. The molecular weight excluding hydrogens is 232 g/mol. The molecule has 2 heteroatoms. The number of hydrogen-bond donors (Lipinski definition) is 1. The Balaban J connectivity index is 2.15. The Bertz CT molecular complexity index is 209. The van der Waals surface area contributed by atoms with Gasteiger partial charge in [-0.15, -0.1) is 0 Å². The minimum absolute atomic E-state index is 0.856. The van der Waals surface area contributed by atoms with Crippen LogP contribution in [-0.2, 0) is 0 Å². The highest BCUT2D eigenvalue weighted by molar-refractivity contribution is 4.77. The topological polar surface area (TPSA) is 29.3 Å². The number of hydrogen-bond acceptors (Lipinski definition) is 2. The van der Waals surface area contributed by atoms with Crippen molar-refractivity contribution in [3.05, 3.63) is 0 Å². The first-order valence-electron chi connectivity index (χ1n) is 8.61. The minimum Gasteiger partial charge on any atom is -0.330 e. The quantitative estimate of drug-likeness (QED) is 0.684. The summed E-state index contributed by atoms with van der Waals surface area (Å²) in [5.41, 5.74) is 5.67. The molecule has 0 aromatic rings. The molecular formula is C17H36N2. The third-order valence-corrected chi connectivity index (χ3v) is 5.29. The van der Waals surface area contributed by atoms with Crippen molar-refractivity contribution in [1.29, 1.82) is 0 Å². The molecule has 1 atom stereocenters. The van der Waals surface area contributed by atoms with E-state index in [-0.39, 0.29) is 0 Å². The molecule has 0 heterocycles. The fraction of sp³-hybridized carbons (Fsp3) is 1.00. The molecule has 0 amide bonds. The maximum absolute atomic E-state index is 5.67. The van der Waals surface area contributed by atoms with Crippen LogP contribution in [0.3, 0.4) is 0 Å². The van der Waals surface area contributed by atoms with Crippen LogP contribution in [0.1, 0.15) is 71.6 Å². The second-order valence-electron chi connectivity index (χ2n) is 6.56. The van der Waals surface area contributed by atoms with Crippen molar-refractivity contribution in [2.75, 3.05) is 20.1 Å². The Hall–Kier alpha value is -0.0800. The van der Waals surface area contributed by atoms with E-state index in [9.17, 15) is 0 Å². The molecule has 0 bridgehead atoms. The lowest BCUT2D eigenvalue weighted by atomic mass is 9.84. The molecule has 1 fully saturated rings. The van der Waals surface area contributed by atoms with Gasteiger partial charge in [0.15, 0.2) is 0 Å². The molecule has 0 aromatic heterocycles. The van der Waals surface area contributed by atoms with Gasteiger partial charge in [-0.2, -0.15) is 0 Å². The average Bonchev–Trinajstić information content (AvgIpc) is 2.46. The molecule has 1 saturated carbocycles. The molecule has 1 unspecified atom stereocenters. The lowest BCUT2D eigenvalue weighted by Crippen LogP contribution is -2.35. The van der Waals surface area contributed by atoms with Gasteiger partial charge in [-0.25, -0.2) is 0 Å². The summed E-state index contributed by atoms with van der Waals surface area (Å²) in [5.74, 6) is 1.87. The van der Waals surface area contributed by atoms with Crippen LogP contribution in [0.5, 0.6) is 0 Å². The van der Waals surface area contributed by atoms with E-state index in [0.717, 1.165) is 24.4 Å². The SMILES string of the molecule is CCC(CCN)CCCN(C)C1CCC(CC)CC1. The predicted octanol–water partition coefficient (Wildman–Crippen LogP) is 4.04. The Kier molecular flexibility index (Phi) is 8.72. The summed E-state index contributed by atoms with van der Waals surface area (Å²) in [6.07, 6.45) is 12.4. The Morgan fingerprint density at radius 3 is 2.32 bits per heavy atom. The summed E-state index contributed by atoms with van der Waals surface area (Å²) < 4.78 is 0. The van der Waals surface area contributed by atoms with Gasteiger partial charge in [-0.05, 0) is 76.9 Å². The number of nitrogens with zero attached hydrogens (tertiary/aromatic N) is 1. The molecule has 0 aromatic carbocycles. The maximum atomic E-state index is 5.67. The van der Waals surface area contributed by atoms with Crippen LogP contribution < -0.4 is 5.73 Å². The molecule has 0 aliphatic heterocycles. The zero-order chi connectivity index (χ0) is 14.1. The molecule has 1 aliphatic carbocycles. The summed E-state index contributed by atoms with van der Waals surface area (Å²) in [4.78, 5) is 2.63. The Morgan fingerprint density at radius 1 is 1.11 bits per heavy atom. The van der Waals surface area contributed by atoms with Gasteiger partial charge in [0.1, 0.15) is 0 Å². The van der Waals surface area contributed by atoms with Crippen LogP contribution in [0.2, 0.25) is 0 Å². The zero-order valence-corrected chi connectivity index (χ0v) is 13.5. The summed E-state index contributed by atoms with van der Waals surface area (Å²) in [7, 11) is 2.33. The van der Waals surface area contributed by atoms with E-state index in [1.54, 1.807) is 0 Å². The van der Waals surface area contributed by atoms with Crippen molar-refractivity contribution >= 4 is 0 Å². The second kappa shape index (κ2) is 9.77. The fourth-order valence-electron chi connectivity index (χ4n) is 3.59. The number of nitrogens with two attached hydrogens (primary N) is 1. The highest BCUT2D eigenvalue weighted by Gasteiger charge is 2.22. The molecule has 2 nitrogen and oxygen atoms in total. The first kappa shape index (κ1) is 17.0. The smallest absolute Gasteiger partial charge is 0.00924 e. The average molecular weight is 268 g/mol. The summed E-state index contributed by atoms with van der Waals surface area (Å²) in [6.45, 7) is 6.78. The second-order valence-corrected chi connectivity index (χ2v) is 6.56. The van der Waals surface area contributed by atoms with Crippen molar-refractivity contribution in [3.8, 4) is 0 Å². The van der Waals surface area contributed by atoms with Crippen LogP contribution in [0.15, 0.2) is 0 Å². The van der Waals surface area contributed by atoms with Gasteiger partial charge in [0.05, 0.1) is 0 Å². The largest absolute Gasteiger partial charge is 0.330 e. The van der Waals surface area contributed by atoms with Gasteiger partial charge >= 0.3 is 0 Å². The van der Waals surface area contributed by atoms with Crippen molar-refractivity contribution in [2.24, 2.45) is 17.6 Å². The van der Waals surface area contributed by atoms with Gasteiger partial charge < -0.3 is 10.6 Å². The van der Waals surface area contributed by atoms with E-state index in [1.165, 1.54) is 64.3 Å². The molecule has 0 radical (unpaired) electrons. The monoisotopic (exact) mass is 268 g/mol. The van der Waals surface area contributed by atoms with E-state index in [0.29, 0.717) is 0 Å². The highest BCUT2D eigenvalue weighted by Crippen LogP contribution is 2.29. The normalized spacial score (nSPS) is 25.7. The molecule has 1 rings (SSSR count). The Morgan fingerprint density at radius 2 is 1.79 bits per heavy atom. The molecule has 114 valence electrons. The van der Waals surface area contributed by atoms with Crippen LogP contribution >= 0.6 is 0 Å². The fourth-order valence-corrected chi connectivity index (χ4v) is 3.59. The summed E-state index contributed by atoms with van der Waals surface area (Å²) >= 11 is 0. The molecule has 1 aliphatic rings. The van der Waals surface area contributed by atoms with E-state index in [4.69, 9.17) is 5.73 Å². The Labute approximate surface area is 121 Å². The van der Waals surface area contributed by atoms with Crippen molar-refractivity contribution in [3.63, 3.8) is 0 Å². The van der Waals surface area contributed by atoms with Crippen molar-refractivity contribution in [2.45, 2.75) is 77.7 Å². The van der Waals surface area contributed by atoms with E-state index >= 15 is 0 Å². The van der Waals surface area contributed by atoms with Crippen molar-refractivity contribution < 1.29 is 0 Å².